The van der Waals surface area contributed by atoms with Crippen molar-refractivity contribution in [3.63, 3.8) is 0 Å². The summed E-state index contributed by atoms with van der Waals surface area (Å²) in [6.45, 7) is 2.12. The monoisotopic (exact) mass is 508 g/mol. The first kappa shape index (κ1) is 20.1. The van der Waals surface area contributed by atoms with Gasteiger partial charge in [0.25, 0.3) is 11.6 Å². The number of aryl methyl sites for hydroxylation is 1. The summed E-state index contributed by atoms with van der Waals surface area (Å²) in [6.07, 6.45) is 0. The Hall–Kier alpha value is -2.65. The van der Waals surface area contributed by atoms with E-state index < -0.39 is 10.8 Å². The van der Waals surface area contributed by atoms with E-state index >= 15 is 0 Å². The number of halogens is 2. The molecule has 3 rings (SSSR count). The van der Waals surface area contributed by atoms with Crippen LogP contribution in [0.15, 0.2) is 61.9 Å². The quantitative estimate of drug-likeness (QED) is 0.332. The molecular weight excluding hydrogens is 496 g/mol. The Morgan fingerprint density at radius 1 is 1.18 bits per heavy atom. The predicted molar refractivity (Wildman–Crippen MR) is 111 cm³/mol. The molecule has 0 spiro atoms. The topological polar surface area (TPSA) is 94.6 Å². The van der Waals surface area contributed by atoms with Crippen molar-refractivity contribution in [3.05, 3.63) is 84.7 Å². The van der Waals surface area contributed by atoms with Crippen LogP contribution < -0.4 is 10.1 Å². The van der Waals surface area contributed by atoms with Gasteiger partial charge in [0.15, 0.2) is 5.76 Å². The van der Waals surface area contributed by atoms with Crippen LogP contribution in [0.5, 0.6) is 5.75 Å². The van der Waals surface area contributed by atoms with Gasteiger partial charge in [-0.05, 0) is 62.5 Å². The van der Waals surface area contributed by atoms with E-state index in [1.165, 1.54) is 12.1 Å². The third kappa shape index (κ3) is 4.60. The number of para-hydroxylation sites is 1. The van der Waals surface area contributed by atoms with Gasteiger partial charge in [0.2, 0.25) is 0 Å². The van der Waals surface area contributed by atoms with Crippen molar-refractivity contribution in [2.45, 2.75) is 13.5 Å². The molecule has 1 amide bonds. The van der Waals surface area contributed by atoms with Gasteiger partial charge in [-0.2, -0.15) is 0 Å². The molecule has 0 atom stereocenters. The molecule has 0 fully saturated rings. The van der Waals surface area contributed by atoms with Crippen LogP contribution >= 0.6 is 31.9 Å². The van der Waals surface area contributed by atoms with Gasteiger partial charge in [0.1, 0.15) is 18.1 Å². The number of hydrogen-bond donors (Lipinski definition) is 1. The normalized spacial score (nSPS) is 10.5. The summed E-state index contributed by atoms with van der Waals surface area (Å²) in [5.41, 5.74) is 1.26. The smallest absolute Gasteiger partial charge is 0.291 e. The molecule has 0 saturated carbocycles. The summed E-state index contributed by atoms with van der Waals surface area (Å²) in [7, 11) is 0. The van der Waals surface area contributed by atoms with Crippen LogP contribution in [0.1, 0.15) is 21.9 Å². The molecule has 1 N–H and O–H groups in total. The Balaban J connectivity index is 1.69. The van der Waals surface area contributed by atoms with E-state index in [2.05, 4.69) is 37.2 Å². The minimum Gasteiger partial charge on any atom is -0.485 e. The molecule has 0 unspecified atom stereocenters. The summed E-state index contributed by atoms with van der Waals surface area (Å²) >= 11 is 6.46. The van der Waals surface area contributed by atoms with Gasteiger partial charge in [0, 0.05) is 21.1 Å². The predicted octanol–water partition coefficient (Wildman–Crippen LogP) is 5.85. The molecule has 1 aromatic heterocycles. The highest BCUT2D eigenvalue weighted by atomic mass is 79.9. The van der Waals surface area contributed by atoms with Gasteiger partial charge in [-0.25, -0.2) is 0 Å². The second kappa shape index (κ2) is 8.57. The van der Waals surface area contributed by atoms with Crippen LogP contribution in [0.2, 0.25) is 0 Å². The number of benzene rings is 2. The van der Waals surface area contributed by atoms with Gasteiger partial charge < -0.3 is 14.5 Å². The maximum absolute atomic E-state index is 12.5. The lowest BCUT2D eigenvalue weighted by atomic mass is 10.2. The molecule has 2 aromatic carbocycles. The Labute approximate surface area is 177 Å². The number of carbonyl (C=O) groups is 1. The van der Waals surface area contributed by atoms with Crippen molar-refractivity contribution in [1.82, 2.24) is 0 Å². The maximum Gasteiger partial charge on any atom is 0.291 e. The van der Waals surface area contributed by atoms with E-state index in [-0.39, 0.29) is 18.1 Å². The summed E-state index contributed by atoms with van der Waals surface area (Å²) in [6, 6.07) is 13.4. The van der Waals surface area contributed by atoms with Crippen molar-refractivity contribution < 1.29 is 18.9 Å². The molecule has 0 aliphatic heterocycles. The molecule has 28 heavy (non-hydrogen) atoms. The number of carbonyl (C=O) groups excluding carboxylic acids is 1. The number of ether oxygens (including phenoxy) is 1. The number of furan rings is 1. The average Bonchev–Trinajstić information content (AvgIpc) is 3.13. The summed E-state index contributed by atoms with van der Waals surface area (Å²) in [5.74, 6) is 0.844. The summed E-state index contributed by atoms with van der Waals surface area (Å²) in [4.78, 5) is 22.8. The van der Waals surface area contributed by atoms with E-state index in [1.807, 2.05) is 31.2 Å². The van der Waals surface area contributed by atoms with Crippen LogP contribution in [0.4, 0.5) is 11.4 Å². The zero-order valence-corrected chi connectivity index (χ0v) is 17.7. The molecule has 0 radical (unpaired) electrons. The standard InChI is InChI=1S/C19H14Br2N2O5/c1-11-4-2-3-5-16(11)27-10-13-6-7-17(28-13)19(24)22-18-14(20)8-12(23(25)26)9-15(18)21/h2-9H,10H2,1H3,(H,22,24). The number of amides is 1. The zero-order chi connectivity index (χ0) is 20.3. The fourth-order valence-electron chi connectivity index (χ4n) is 2.40. The van der Waals surface area contributed by atoms with Gasteiger partial charge in [-0.1, -0.05) is 18.2 Å². The number of nitrogens with zero attached hydrogens (tertiary/aromatic N) is 1. The second-order valence-corrected chi connectivity index (χ2v) is 7.52. The molecule has 7 nitrogen and oxygen atoms in total. The third-order valence-electron chi connectivity index (χ3n) is 3.83. The van der Waals surface area contributed by atoms with Crippen molar-refractivity contribution in [2.24, 2.45) is 0 Å². The van der Waals surface area contributed by atoms with Crippen molar-refractivity contribution in [2.75, 3.05) is 5.32 Å². The van der Waals surface area contributed by atoms with Gasteiger partial charge in [-0.15, -0.1) is 0 Å². The van der Waals surface area contributed by atoms with Crippen LogP contribution in [-0.2, 0) is 6.61 Å². The third-order valence-corrected chi connectivity index (χ3v) is 5.08. The maximum atomic E-state index is 12.5. The Morgan fingerprint density at radius 2 is 1.86 bits per heavy atom. The van der Waals surface area contributed by atoms with Gasteiger partial charge in [0.05, 0.1) is 10.6 Å². The highest BCUT2D eigenvalue weighted by molar-refractivity contribution is 9.11. The second-order valence-electron chi connectivity index (χ2n) is 5.82. The number of nitro groups is 1. The number of nitrogens with one attached hydrogen (secondary N) is 1. The molecule has 0 aliphatic carbocycles. The molecule has 1 heterocycles. The first-order valence-corrected chi connectivity index (χ1v) is 9.65. The van der Waals surface area contributed by atoms with E-state index in [4.69, 9.17) is 9.15 Å². The largest absolute Gasteiger partial charge is 0.485 e. The Bertz CT molecular complexity index is 1030. The number of hydrogen-bond acceptors (Lipinski definition) is 5. The molecule has 9 heteroatoms. The van der Waals surface area contributed by atoms with Crippen LogP contribution in [0.25, 0.3) is 0 Å². The lowest BCUT2D eigenvalue weighted by Gasteiger charge is -2.09. The first-order chi connectivity index (χ1) is 13.3. The molecule has 0 saturated heterocycles. The van der Waals surface area contributed by atoms with Crippen LogP contribution in [-0.4, -0.2) is 10.8 Å². The minimum atomic E-state index is -0.519. The van der Waals surface area contributed by atoms with Gasteiger partial charge in [-0.3, -0.25) is 14.9 Å². The molecule has 144 valence electrons. The molecule has 0 bridgehead atoms. The van der Waals surface area contributed by atoms with Crippen LogP contribution in [0.3, 0.4) is 0 Å². The molecular formula is C19H14Br2N2O5. The van der Waals surface area contributed by atoms with E-state index in [9.17, 15) is 14.9 Å². The number of anilines is 1. The fourth-order valence-corrected chi connectivity index (χ4v) is 3.77. The summed E-state index contributed by atoms with van der Waals surface area (Å²) in [5, 5.41) is 13.6. The zero-order valence-electron chi connectivity index (χ0n) is 14.6. The number of nitro benzene ring substituents is 1. The molecule has 3 aromatic rings. The summed E-state index contributed by atoms with van der Waals surface area (Å²) < 4.78 is 12.0. The van der Waals surface area contributed by atoms with E-state index in [0.717, 1.165) is 11.3 Å². The van der Waals surface area contributed by atoms with Crippen LogP contribution in [0, 0.1) is 17.0 Å². The van der Waals surface area contributed by atoms with Crippen molar-refractivity contribution >= 4 is 49.1 Å². The molecule has 0 aliphatic rings. The Kier molecular flexibility index (Phi) is 6.15. The van der Waals surface area contributed by atoms with Crippen molar-refractivity contribution in [3.8, 4) is 5.75 Å². The van der Waals surface area contributed by atoms with E-state index in [0.29, 0.717) is 20.4 Å². The number of non-ortho nitro benzene ring substituents is 1. The Morgan fingerprint density at radius 3 is 2.50 bits per heavy atom. The highest BCUT2D eigenvalue weighted by Crippen LogP contribution is 2.35. The lowest BCUT2D eigenvalue weighted by Crippen LogP contribution is -2.12. The highest BCUT2D eigenvalue weighted by Gasteiger charge is 2.18. The van der Waals surface area contributed by atoms with E-state index in [1.54, 1.807) is 12.1 Å². The fraction of sp³-hybridized carbons (Fsp3) is 0.105. The number of rotatable bonds is 6. The van der Waals surface area contributed by atoms with Crippen molar-refractivity contribution in [1.29, 1.82) is 0 Å². The lowest BCUT2D eigenvalue weighted by molar-refractivity contribution is -0.385. The average molecular weight is 510 g/mol. The first-order valence-electron chi connectivity index (χ1n) is 8.07. The minimum absolute atomic E-state index is 0.0977. The van der Waals surface area contributed by atoms with Gasteiger partial charge >= 0.3 is 0 Å². The SMILES string of the molecule is Cc1ccccc1OCc1ccc(C(=O)Nc2c(Br)cc([N+](=O)[O-])cc2Br)o1.